The molecule has 30 heavy (non-hydrogen) atoms. The largest absolute Gasteiger partial charge is 0.497 e. The summed E-state index contributed by atoms with van der Waals surface area (Å²) in [6.07, 6.45) is 3.63. The first-order valence-electron chi connectivity index (χ1n) is 10.5. The maximum atomic E-state index is 12.9. The summed E-state index contributed by atoms with van der Waals surface area (Å²) in [6.45, 7) is 0.462. The molecule has 0 unspecified atom stereocenters. The highest BCUT2D eigenvalue weighted by molar-refractivity contribution is 9.12. The van der Waals surface area contributed by atoms with E-state index in [2.05, 4.69) is 37.2 Å². The number of halogens is 2. The van der Waals surface area contributed by atoms with Crippen LogP contribution in [0.3, 0.4) is 0 Å². The van der Waals surface area contributed by atoms with Crippen molar-refractivity contribution in [2.24, 2.45) is 23.7 Å². The summed E-state index contributed by atoms with van der Waals surface area (Å²) in [6, 6.07) is 7.22. The lowest BCUT2D eigenvalue weighted by Gasteiger charge is -2.28. The number of fused-ring (bicyclic) bond motifs is 5. The number of methoxy groups -OCH3 is 1. The van der Waals surface area contributed by atoms with Gasteiger partial charge in [-0.05, 0) is 55.4 Å². The first kappa shape index (κ1) is 21.8. The van der Waals surface area contributed by atoms with Gasteiger partial charge < -0.3 is 10.1 Å². The van der Waals surface area contributed by atoms with Crippen LogP contribution >= 0.6 is 31.9 Å². The molecule has 0 radical (unpaired) electrons. The SMILES string of the molecule is COc1ccc(NC(=O)CCCCCN2C(=O)[C@@H]3[C@H]4C[C@@H]([C@@H](Br)[C@H]4Br)[C@H]3C2=O)cc1. The van der Waals surface area contributed by atoms with E-state index in [4.69, 9.17) is 4.74 Å². The summed E-state index contributed by atoms with van der Waals surface area (Å²) in [7, 11) is 1.60. The Morgan fingerprint density at radius 2 is 1.63 bits per heavy atom. The minimum Gasteiger partial charge on any atom is -0.497 e. The minimum atomic E-state index is -0.143. The highest BCUT2D eigenvalue weighted by atomic mass is 79.9. The fourth-order valence-electron chi connectivity index (χ4n) is 5.26. The average molecular weight is 542 g/mol. The van der Waals surface area contributed by atoms with E-state index in [-0.39, 0.29) is 51.0 Å². The van der Waals surface area contributed by atoms with Crippen molar-refractivity contribution in [1.82, 2.24) is 4.90 Å². The number of hydrogen-bond acceptors (Lipinski definition) is 4. The van der Waals surface area contributed by atoms with Crippen LogP contribution in [0.2, 0.25) is 0 Å². The van der Waals surface area contributed by atoms with Crippen molar-refractivity contribution in [3.05, 3.63) is 24.3 Å². The van der Waals surface area contributed by atoms with Crippen LogP contribution in [0.25, 0.3) is 0 Å². The molecule has 4 rings (SSSR count). The molecule has 0 aromatic heterocycles. The Morgan fingerprint density at radius 1 is 1.03 bits per heavy atom. The normalized spacial score (nSPS) is 31.9. The molecule has 3 aliphatic rings. The summed E-state index contributed by atoms with van der Waals surface area (Å²) < 4.78 is 5.10. The van der Waals surface area contributed by atoms with Crippen molar-refractivity contribution < 1.29 is 19.1 Å². The molecule has 8 heteroatoms. The Labute approximate surface area is 193 Å². The maximum absolute atomic E-state index is 12.9. The fourth-order valence-corrected chi connectivity index (χ4v) is 7.13. The number of carbonyl (C=O) groups is 3. The van der Waals surface area contributed by atoms with Crippen LogP contribution in [0.1, 0.15) is 32.1 Å². The van der Waals surface area contributed by atoms with Gasteiger partial charge in [-0.1, -0.05) is 38.3 Å². The van der Waals surface area contributed by atoms with Gasteiger partial charge in [0, 0.05) is 28.3 Å². The van der Waals surface area contributed by atoms with Gasteiger partial charge >= 0.3 is 0 Å². The smallest absolute Gasteiger partial charge is 0.233 e. The lowest BCUT2D eigenvalue weighted by molar-refractivity contribution is -0.140. The number of alkyl halides is 2. The number of amides is 3. The van der Waals surface area contributed by atoms with E-state index >= 15 is 0 Å². The number of imide groups is 1. The zero-order valence-corrected chi connectivity index (χ0v) is 20.0. The van der Waals surface area contributed by atoms with Crippen molar-refractivity contribution in [3.8, 4) is 5.75 Å². The van der Waals surface area contributed by atoms with E-state index in [0.29, 0.717) is 13.0 Å². The van der Waals surface area contributed by atoms with Crippen LogP contribution in [-0.2, 0) is 14.4 Å². The number of nitrogens with one attached hydrogen (secondary N) is 1. The van der Waals surface area contributed by atoms with E-state index in [1.807, 2.05) is 0 Å². The van der Waals surface area contributed by atoms with Crippen molar-refractivity contribution in [2.45, 2.75) is 41.8 Å². The second kappa shape index (κ2) is 8.99. The average Bonchev–Trinajstić information content (AvgIpc) is 3.34. The predicted molar refractivity (Wildman–Crippen MR) is 121 cm³/mol. The van der Waals surface area contributed by atoms with Crippen molar-refractivity contribution in [3.63, 3.8) is 0 Å². The van der Waals surface area contributed by atoms with Gasteiger partial charge in [0.05, 0.1) is 18.9 Å². The van der Waals surface area contributed by atoms with Crippen molar-refractivity contribution in [2.75, 3.05) is 19.0 Å². The summed E-state index contributed by atoms with van der Waals surface area (Å²) in [5, 5.41) is 2.87. The monoisotopic (exact) mass is 540 g/mol. The number of ether oxygens (including phenoxy) is 1. The molecule has 3 amide bonds. The third kappa shape index (κ3) is 3.93. The van der Waals surface area contributed by atoms with E-state index in [0.717, 1.165) is 37.1 Å². The maximum Gasteiger partial charge on any atom is 0.233 e. The van der Waals surface area contributed by atoms with Crippen LogP contribution in [0, 0.1) is 23.7 Å². The van der Waals surface area contributed by atoms with Gasteiger partial charge in [0.15, 0.2) is 0 Å². The zero-order valence-electron chi connectivity index (χ0n) is 16.9. The molecule has 1 saturated heterocycles. The Bertz CT molecular complexity index is 799. The Kier molecular flexibility index (Phi) is 6.53. The molecule has 1 aromatic carbocycles. The van der Waals surface area contributed by atoms with Crippen LogP contribution in [0.5, 0.6) is 5.75 Å². The molecule has 0 spiro atoms. The predicted octanol–water partition coefficient (Wildman–Crippen LogP) is 3.97. The fraction of sp³-hybridized carbons (Fsp3) is 0.591. The third-order valence-corrected chi connectivity index (χ3v) is 9.94. The standard InChI is InChI=1S/C22H26Br2N2O4/c1-30-13-8-6-12(7-9-13)25-16(27)5-3-2-4-10-26-21(28)17-14-11-15(18(17)22(26)29)20(24)19(14)23/h6-9,14-15,17-20H,2-5,10-11H2,1H3,(H,25,27)/t14-,15-,17-,18-,19-,20+/m1/s1. The molecule has 162 valence electrons. The van der Waals surface area contributed by atoms with Gasteiger partial charge in [0.1, 0.15) is 5.75 Å². The van der Waals surface area contributed by atoms with Crippen molar-refractivity contribution in [1.29, 1.82) is 0 Å². The number of hydrogen-bond donors (Lipinski definition) is 1. The Morgan fingerprint density at radius 3 is 2.20 bits per heavy atom. The van der Waals surface area contributed by atoms with Crippen LogP contribution in [0.4, 0.5) is 5.69 Å². The van der Waals surface area contributed by atoms with Crippen LogP contribution < -0.4 is 10.1 Å². The van der Waals surface area contributed by atoms with E-state index in [9.17, 15) is 14.4 Å². The number of benzene rings is 1. The number of rotatable bonds is 8. The van der Waals surface area contributed by atoms with E-state index < -0.39 is 0 Å². The van der Waals surface area contributed by atoms with Gasteiger partial charge in [-0.15, -0.1) is 0 Å². The second-order valence-corrected chi connectivity index (χ2v) is 10.5. The molecule has 2 saturated carbocycles. The third-order valence-electron chi connectivity index (χ3n) is 6.74. The molecule has 3 fully saturated rings. The molecule has 1 N–H and O–H groups in total. The number of likely N-dealkylation sites (tertiary alicyclic amines) is 1. The molecule has 1 aliphatic heterocycles. The highest BCUT2D eigenvalue weighted by Crippen LogP contribution is 2.60. The number of anilines is 1. The summed E-state index contributed by atoms with van der Waals surface area (Å²) in [5.74, 6) is 0.963. The summed E-state index contributed by atoms with van der Waals surface area (Å²) >= 11 is 7.42. The number of carbonyl (C=O) groups excluding carboxylic acids is 3. The first-order chi connectivity index (χ1) is 14.4. The van der Waals surface area contributed by atoms with Gasteiger partial charge in [-0.2, -0.15) is 0 Å². The molecular formula is C22H26Br2N2O4. The zero-order chi connectivity index (χ0) is 21.4. The van der Waals surface area contributed by atoms with Gasteiger partial charge in [0.2, 0.25) is 17.7 Å². The second-order valence-electron chi connectivity index (χ2n) is 8.42. The lowest BCUT2D eigenvalue weighted by Crippen LogP contribution is -2.37. The van der Waals surface area contributed by atoms with Crippen LogP contribution in [-0.4, -0.2) is 45.9 Å². The number of unbranched alkanes of at least 4 members (excludes halogenated alkanes) is 2. The Balaban J connectivity index is 1.19. The number of nitrogens with zero attached hydrogens (tertiary/aromatic N) is 1. The van der Waals surface area contributed by atoms with E-state index in [1.165, 1.54) is 4.90 Å². The first-order valence-corrected chi connectivity index (χ1v) is 12.3. The van der Waals surface area contributed by atoms with Crippen LogP contribution in [0.15, 0.2) is 24.3 Å². The van der Waals surface area contributed by atoms with E-state index in [1.54, 1.807) is 31.4 Å². The lowest BCUT2D eigenvalue weighted by atomic mass is 9.81. The van der Waals surface area contributed by atoms with Gasteiger partial charge in [0.25, 0.3) is 0 Å². The van der Waals surface area contributed by atoms with Gasteiger partial charge in [-0.25, -0.2) is 0 Å². The topological polar surface area (TPSA) is 75.7 Å². The molecule has 6 atom stereocenters. The molecule has 1 aromatic rings. The molecule has 2 aliphatic carbocycles. The van der Waals surface area contributed by atoms with Crippen molar-refractivity contribution >= 4 is 55.3 Å². The molecule has 1 heterocycles. The molecule has 2 bridgehead atoms. The molecule has 6 nitrogen and oxygen atoms in total. The quantitative estimate of drug-likeness (QED) is 0.307. The Hall–Kier alpha value is -1.41. The summed E-state index contributed by atoms with van der Waals surface area (Å²) in [4.78, 5) is 39.8. The minimum absolute atomic E-state index is 0.0126. The highest BCUT2D eigenvalue weighted by Gasteiger charge is 2.66. The molecular weight excluding hydrogens is 516 g/mol. The summed E-state index contributed by atoms with van der Waals surface area (Å²) in [5.41, 5.74) is 0.741. The van der Waals surface area contributed by atoms with Gasteiger partial charge in [-0.3, -0.25) is 19.3 Å².